The highest BCUT2D eigenvalue weighted by Gasteiger charge is 1.98. The molecular weight excluding hydrogens is 403 g/mol. The van der Waals surface area contributed by atoms with Gasteiger partial charge >= 0.3 is 0 Å². The van der Waals surface area contributed by atoms with E-state index < -0.39 is 0 Å². The zero-order valence-corrected chi connectivity index (χ0v) is 16.0. The molecule has 2 aromatic rings. The number of guanidine groups is 1. The maximum Gasteiger partial charge on any atom is 0.191 e. The summed E-state index contributed by atoms with van der Waals surface area (Å²) in [6.07, 6.45) is 4.10. The van der Waals surface area contributed by atoms with Crippen molar-refractivity contribution in [2.45, 2.75) is 13.5 Å². The quantitative estimate of drug-likeness (QED) is 0.309. The topological polar surface area (TPSA) is 50.6 Å². The lowest BCUT2D eigenvalue weighted by atomic mass is 10.2. The largest absolute Gasteiger partial charge is 0.492 e. The predicted octanol–water partition coefficient (Wildman–Crippen LogP) is 2.66. The highest BCUT2D eigenvalue weighted by atomic mass is 127. The lowest BCUT2D eigenvalue weighted by Gasteiger charge is -2.13. The van der Waals surface area contributed by atoms with Crippen LogP contribution in [0.3, 0.4) is 0 Å². The highest BCUT2D eigenvalue weighted by Crippen LogP contribution is 2.11. The van der Waals surface area contributed by atoms with E-state index in [1.807, 2.05) is 42.7 Å². The van der Waals surface area contributed by atoms with E-state index in [0.717, 1.165) is 24.8 Å². The fourth-order valence-electron chi connectivity index (χ4n) is 2.09. The molecule has 2 rings (SSSR count). The van der Waals surface area contributed by atoms with Crippen molar-refractivity contribution in [3.05, 3.63) is 54.4 Å². The summed E-state index contributed by atoms with van der Waals surface area (Å²) >= 11 is 0. The number of aryl methyl sites for hydroxylation is 1. The van der Waals surface area contributed by atoms with Gasteiger partial charge in [-0.3, -0.25) is 4.99 Å². The second-order valence-electron chi connectivity index (χ2n) is 5.01. The van der Waals surface area contributed by atoms with Crippen molar-refractivity contribution in [3.8, 4) is 5.75 Å². The average Bonchev–Trinajstić information content (AvgIpc) is 3.03. The SMILES string of the molecule is CN=C(NCCOc1cccc(C)c1)NCCn1cccc1.I. The molecule has 0 bridgehead atoms. The third-order valence-electron chi connectivity index (χ3n) is 3.21. The van der Waals surface area contributed by atoms with Crippen LogP contribution in [0.25, 0.3) is 0 Å². The molecule has 1 aromatic carbocycles. The lowest BCUT2D eigenvalue weighted by Crippen LogP contribution is -2.40. The molecule has 0 atom stereocenters. The average molecular weight is 428 g/mol. The van der Waals surface area contributed by atoms with E-state index in [9.17, 15) is 0 Å². The Bertz CT molecular complexity index is 584. The van der Waals surface area contributed by atoms with Gasteiger partial charge in [0.05, 0.1) is 6.54 Å². The van der Waals surface area contributed by atoms with Crippen LogP contribution in [0.5, 0.6) is 5.75 Å². The van der Waals surface area contributed by atoms with E-state index in [2.05, 4.69) is 33.2 Å². The molecule has 1 heterocycles. The zero-order chi connectivity index (χ0) is 15.6. The van der Waals surface area contributed by atoms with Gasteiger partial charge in [0.2, 0.25) is 0 Å². The molecule has 0 aliphatic rings. The lowest BCUT2D eigenvalue weighted by molar-refractivity contribution is 0.321. The molecule has 0 radical (unpaired) electrons. The van der Waals surface area contributed by atoms with Crippen LogP contribution in [0.2, 0.25) is 0 Å². The van der Waals surface area contributed by atoms with Crippen LogP contribution in [0.1, 0.15) is 5.56 Å². The summed E-state index contributed by atoms with van der Waals surface area (Å²) in [5.41, 5.74) is 1.20. The summed E-state index contributed by atoms with van der Waals surface area (Å²) in [6, 6.07) is 12.1. The van der Waals surface area contributed by atoms with Gasteiger partial charge in [0.15, 0.2) is 5.96 Å². The molecule has 23 heavy (non-hydrogen) atoms. The van der Waals surface area contributed by atoms with Gasteiger partial charge in [0, 0.05) is 32.5 Å². The highest BCUT2D eigenvalue weighted by molar-refractivity contribution is 14.0. The number of benzene rings is 1. The number of halogens is 1. The van der Waals surface area contributed by atoms with Crippen LogP contribution in [0.15, 0.2) is 53.8 Å². The molecule has 0 unspecified atom stereocenters. The number of rotatable bonds is 7. The maximum absolute atomic E-state index is 5.70. The van der Waals surface area contributed by atoms with Crippen molar-refractivity contribution in [1.29, 1.82) is 0 Å². The minimum atomic E-state index is 0. The normalized spacial score (nSPS) is 10.8. The van der Waals surface area contributed by atoms with Crippen molar-refractivity contribution >= 4 is 29.9 Å². The molecular formula is C17H25IN4O. The van der Waals surface area contributed by atoms with Crippen LogP contribution < -0.4 is 15.4 Å². The summed E-state index contributed by atoms with van der Waals surface area (Å²) in [6.45, 7) is 5.10. The zero-order valence-electron chi connectivity index (χ0n) is 13.7. The number of hydrogen-bond donors (Lipinski definition) is 2. The minimum absolute atomic E-state index is 0. The van der Waals surface area contributed by atoms with Crippen molar-refractivity contribution < 1.29 is 4.74 Å². The molecule has 6 heteroatoms. The number of ether oxygens (including phenoxy) is 1. The second-order valence-corrected chi connectivity index (χ2v) is 5.01. The third kappa shape index (κ3) is 7.40. The Morgan fingerprint density at radius 3 is 2.57 bits per heavy atom. The van der Waals surface area contributed by atoms with Crippen molar-refractivity contribution in [1.82, 2.24) is 15.2 Å². The van der Waals surface area contributed by atoms with Gasteiger partial charge in [0.25, 0.3) is 0 Å². The molecule has 0 saturated carbocycles. The van der Waals surface area contributed by atoms with Gasteiger partial charge in [-0.2, -0.15) is 0 Å². The first-order valence-corrected chi connectivity index (χ1v) is 7.52. The van der Waals surface area contributed by atoms with Gasteiger partial charge in [-0.15, -0.1) is 24.0 Å². The van der Waals surface area contributed by atoms with Crippen LogP contribution >= 0.6 is 24.0 Å². The molecule has 2 N–H and O–H groups in total. The molecule has 5 nitrogen and oxygen atoms in total. The molecule has 126 valence electrons. The van der Waals surface area contributed by atoms with Gasteiger partial charge in [-0.05, 0) is 36.8 Å². The second kappa shape index (κ2) is 10.9. The van der Waals surface area contributed by atoms with Crippen LogP contribution in [-0.2, 0) is 6.54 Å². The Morgan fingerprint density at radius 2 is 1.87 bits per heavy atom. The van der Waals surface area contributed by atoms with Gasteiger partial charge in [-0.1, -0.05) is 12.1 Å². The molecule has 0 aliphatic heterocycles. The van der Waals surface area contributed by atoms with Gasteiger partial charge < -0.3 is 19.9 Å². The number of nitrogens with one attached hydrogen (secondary N) is 2. The Morgan fingerprint density at radius 1 is 1.13 bits per heavy atom. The third-order valence-corrected chi connectivity index (χ3v) is 3.21. The standard InChI is InChI=1S/C17H24N4O.HI/c1-15-6-5-7-16(14-15)22-13-9-20-17(18-2)19-8-12-21-10-3-4-11-21;/h3-7,10-11,14H,8-9,12-13H2,1-2H3,(H2,18,19,20);1H. The van der Waals surface area contributed by atoms with Crippen LogP contribution in [-0.4, -0.2) is 37.3 Å². The smallest absolute Gasteiger partial charge is 0.191 e. The fourth-order valence-corrected chi connectivity index (χ4v) is 2.09. The molecule has 0 amide bonds. The summed E-state index contributed by atoms with van der Waals surface area (Å²) in [5, 5.41) is 6.52. The Kier molecular flexibility index (Phi) is 9.20. The van der Waals surface area contributed by atoms with E-state index in [-0.39, 0.29) is 24.0 Å². The van der Waals surface area contributed by atoms with Crippen molar-refractivity contribution in [2.24, 2.45) is 4.99 Å². The monoisotopic (exact) mass is 428 g/mol. The first kappa shape index (κ1) is 19.3. The molecule has 0 spiro atoms. The Balaban J connectivity index is 0.00000264. The van der Waals surface area contributed by atoms with Crippen molar-refractivity contribution in [2.75, 3.05) is 26.7 Å². The number of nitrogens with zero attached hydrogens (tertiary/aromatic N) is 2. The van der Waals surface area contributed by atoms with E-state index in [1.54, 1.807) is 7.05 Å². The van der Waals surface area contributed by atoms with E-state index in [4.69, 9.17) is 4.74 Å². The van der Waals surface area contributed by atoms with Crippen LogP contribution in [0, 0.1) is 6.92 Å². The van der Waals surface area contributed by atoms with Crippen molar-refractivity contribution in [3.63, 3.8) is 0 Å². The minimum Gasteiger partial charge on any atom is -0.492 e. The summed E-state index contributed by atoms with van der Waals surface area (Å²) in [5.74, 6) is 1.69. The maximum atomic E-state index is 5.70. The summed E-state index contributed by atoms with van der Waals surface area (Å²) in [4.78, 5) is 4.20. The van der Waals surface area contributed by atoms with Crippen LogP contribution in [0.4, 0.5) is 0 Å². The summed E-state index contributed by atoms with van der Waals surface area (Å²) < 4.78 is 7.82. The first-order chi connectivity index (χ1) is 10.8. The number of aromatic nitrogens is 1. The number of aliphatic imine (C=N–C) groups is 1. The van der Waals surface area contributed by atoms with Gasteiger partial charge in [-0.25, -0.2) is 0 Å². The van der Waals surface area contributed by atoms with E-state index in [0.29, 0.717) is 13.2 Å². The van der Waals surface area contributed by atoms with E-state index in [1.165, 1.54) is 5.56 Å². The fraction of sp³-hybridized carbons (Fsp3) is 0.353. The van der Waals surface area contributed by atoms with E-state index >= 15 is 0 Å². The summed E-state index contributed by atoms with van der Waals surface area (Å²) in [7, 11) is 1.77. The predicted molar refractivity (Wildman–Crippen MR) is 106 cm³/mol. The number of hydrogen-bond acceptors (Lipinski definition) is 2. The molecule has 0 fully saturated rings. The molecule has 0 saturated heterocycles. The molecule has 1 aromatic heterocycles. The van der Waals surface area contributed by atoms with Gasteiger partial charge in [0.1, 0.15) is 12.4 Å². The molecule has 0 aliphatic carbocycles. The Labute approximate surface area is 155 Å². The first-order valence-electron chi connectivity index (χ1n) is 7.52. The Hall–Kier alpha value is -1.70.